The van der Waals surface area contributed by atoms with Gasteiger partial charge in [0.05, 0.1) is 25.5 Å². The van der Waals surface area contributed by atoms with Crippen LogP contribution in [0.2, 0.25) is 0 Å². The maximum absolute atomic E-state index is 5.39. The molecule has 1 aromatic heterocycles. The van der Waals surface area contributed by atoms with Crippen LogP contribution in [-0.4, -0.2) is 25.8 Å². The molecule has 14 heavy (non-hydrogen) atoms. The van der Waals surface area contributed by atoms with Crippen molar-refractivity contribution < 1.29 is 9.15 Å². The Morgan fingerprint density at radius 3 is 3.21 bits per heavy atom. The van der Waals surface area contributed by atoms with Crippen molar-refractivity contribution in [3.63, 3.8) is 0 Å². The molecule has 1 aliphatic rings. The van der Waals surface area contributed by atoms with Crippen LogP contribution in [-0.2, 0) is 4.74 Å². The molecule has 0 spiro atoms. The van der Waals surface area contributed by atoms with Crippen LogP contribution in [0, 0.1) is 0 Å². The smallest absolute Gasteiger partial charge is 0.126 e. The zero-order valence-corrected chi connectivity index (χ0v) is 8.32. The fourth-order valence-electron chi connectivity index (χ4n) is 1.56. The van der Waals surface area contributed by atoms with Gasteiger partial charge in [-0.05, 0) is 25.1 Å². The molecule has 3 nitrogen and oxygen atoms in total. The Bertz CT molecular complexity index is 297. The molecule has 0 aromatic carbocycles. The minimum absolute atomic E-state index is 0.328. The van der Waals surface area contributed by atoms with Crippen molar-refractivity contribution in [2.24, 2.45) is 0 Å². The number of morpholine rings is 1. The van der Waals surface area contributed by atoms with E-state index >= 15 is 0 Å². The van der Waals surface area contributed by atoms with Crippen LogP contribution in [0.3, 0.4) is 0 Å². The molecule has 0 aliphatic carbocycles. The molecule has 1 saturated heterocycles. The molecular formula is C11H15NO2. The summed E-state index contributed by atoms with van der Waals surface area (Å²) in [5.41, 5.74) is 1.25. The highest BCUT2D eigenvalue weighted by Gasteiger charge is 2.14. The lowest BCUT2D eigenvalue weighted by Gasteiger charge is -2.24. The lowest BCUT2D eigenvalue weighted by atomic mass is 10.1. The van der Waals surface area contributed by atoms with E-state index in [1.54, 1.807) is 6.26 Å². The molecule has 1 aliphatic heterocycles. The Kier molecular flexibility index (Phi) is 3.01. The van der Waals surface area contributed by atoms with Crippen LogP contribution in [0.4, 0.5) is 0 Å². The van der Waals surface area contributed by atoms with Gasteiger partial charge in [-0.2, -0.15) is 0 Å². The summed E-state index contributed by atoms with van der Waals surface area (Å²) >= 11 is 0. The third kappa shape index (κ3) is 2.25. The van der Waals surface area contributed by atoms with E-state index < -0.39 is 0 Å². The molecular weight excluding hydrogens is 178 g/mol. The molecule has 2 heterocycles. The Hall–Kier alpha value is -1.06. The standard InChI is InChI=1S/C11H15NO2/c1-9(7-10-3-2-5-14-10)11-8-13-6-4-12-11/h2-3,5,7,11-12H,4,6,8H2,1H3/b9-7+. The minimum Gasteiger partial charge on any atom is -0.465 e. The fraction of sp³-hybridized carbons (Fsp3) is 0.455. The molecule has 3 heteroatoms. The third-order valence-corrected chi connectivity index (χ3v) is 2.38. The van der Waals surface area contributed by atoms with Gasteiger partial charge in [-0.15, -0.1) is 0 Å². The molecule has 1 atom stereocenters. The van der Waals surface area contributed by atoms with E-state index in [4.69, 9.17) is 9.15 Å². The summed E-state index contributed by atoms with van der Waals surface area (Å²) in [5.74, 6) is 0.898. The molecule has 1 aromatic rings. The van der Waals surface area contributed by atoms with Crippen LogP contribution >= 0.6 is 0 Å². The Balaban J connectivity index is 2.02. The molecule has 0 bridgehead atoms. The lowest BCUT2D eigenvalue weighted by Crippen LogP contribution is -2.41. The SMILES string of the molecule is C/C(=C\c1ccco1)C1COCCN1. The molecule has 1 N–H and O–H groups in total. The maximum atomic E-state index is 5.39. The topological polar surface area (TPSA) is 34.4 Å². The lowest BCUT2D eigenvalue weighted by molar-refractivity contribution is 0.0873. The van der Waals surface area contributed by atoms with Crippen molar-refractivity contribution in [1.82, 2.24) is 5.32 Å². The summed E-state index contributed by atoms with van der Waals surface area (Å²) in [4.78, 5) is 0. The highest BCUT2D eigenvalue weighted by molar-refractivity contribution is 5.48. The predicted octanol–water partition coefficient (Wildman–Crippen LogP) is 1.67. The monoisotopic (exact) mass is 193 g/mol. The average molecular weight is 193 g/mol. The number of ether oxygens (including phenoxy) is 1. The first kappa shape index (κ1) is 9.49. The van der Waals surface area contributed by atoms with Crippen molar-refractivity contribution in [3.8, 4) is 0 Å². The van der Waals surface area contributed by atoms with Crippen molar-refractivity contribution in [1.29, 1.82) is 0 Å². The molecule has 0 saturated carbocycles. The Morgan fingerprint density at radius 2 is 2.57 bits per heavy atom. The van der Waals surface area contributed by atoms with Crippen molar-refractivity contribution >= 4 is 6.08 Å². The van der Waals surface area contributed by atoms with E-state index in [0.717, 1.165) is 25.5 Å². The molecule has 0 amide bonds. The Morgan fingerprint density at radius 1 is 1.64 bits per heavy atom. The summed E-state index contributed by atoms with van der Waals surface area (Å²) in [5, 5.41) is 3.40. The minimum atomic E-state index is 0.328. The van der Waals surface area contributed by atoms with E-state index in [-0.39, 0.29) is 0 Å². The average Bonchev–Trinajstić information content (AvgIpc) is 2.72. The van der Waals surface area contributed by atoms with Crippen molar-refractivity contribution in [2.75, 3.05) is 19.8 Å². The largest absolute Gasteiger partial charge is 0.465 e. The zero-order chi connectivity index (χ0) is 9.80. The van der Waals surface area contributed by atoms with Gasteiger partial charge in [-0.1, -0.05) is 5.57 Å². The van der Waals surface area contributed by atoms with Gasteiger partial charge < -0.3 is 14.5 Å². The second-order valence-corrected chi connectivity index (χ2v) is 3.49. The van der Waals surface area contributed by atoms with Gasteiger partial charge in [0.25, 0.3) is 0 Å². The molecule has 2 rings (SSSR count). The highest BCUT2D eigenvalue weighted by atomic mass is 16.5. The number of rotatable bonds is 2. The van der Waals surface area contributed by atoms with Gasteiger partial charge in [0.1, 0.15) is 5.76 Å². The second kappa shape index (κ2) is 4.44. The molecule has 76 valence electrons. The molecule has 1 fully saturated rings. The number of hydrogen-bond donors (Lipinski definition) is 1. The van der Waals surface area contributed by atoms with Gasteiger partial charge in [-0.3, -0.25) is 0 Å². The van der Waals surface area contributed by atoms with Gasteiger partial charge in [0.2, 0.25) is 0 Å². The van der Waals surface area contributed by atoms with E-state index in [1.165, 1.54) is 5.57 Å². The van der Waals surface area contributed by atoms with Gasteiger partial charge >= 0.3 is 0 Å². The summed E-state index contributed by atoms with van der Waals surface area (Å²) < 4.78 is 10.6. The summed E-state index contributed by atoms with van der Waals surface area (Å²) in [7, 11) is 0. The molecule has 0 radical (unpaired) electrons. The highest BCUT2D eigenvalue weighted by Crippen LogP contribution is 2.11. The summed E-state index contributed by atoms with van der Waals surface area (Å²) in [6.45, 7) is 4.58. The quantitative estimate of drug-likeness (QED) is 0.775. The van der Waals surface area contributed by atoms with Crippen molar-refractivity contribution in [2.45, 2.75) is 13.0 Å². The van der Waals surface area contributed by atoms with E-state index in [0.29, 0.717) is 6.04 Å². The van der Waals surface area contributed by atoms with E-state index in [2.05, 4.69) is 12.2 Å². The van der Waals surface area contributed by atoms with E-state index in [9.17, 15) is 0 Å². The normalized spacial score (nSPS) is 23.8. The van der Waals surface area contributed by atoms with Crippen LogP contribution in [0.5, 0.6) is 0 Å². The fourth-order valence-corrected chi connectivity index (χ4v) is 1.56. The number of furan rings is 1. The maximum Gasteiger partial charge on any atom is 0.126 e. The van der Waals surface area contributed by atoms with Crippen LogP contribution in [0.15, 0.2) is 28.4 Å². The number of nitrogens with one attached hydrogen (secondary N) is 1. The van der Waals surface area contributed by atoms with Crippen LogP contribution < -0.4 is 5.32 Å². The van der Waals surface area contributed by atoms with Gasteiger partial charge in [-0.25, -0.2) is 0 Å². The van der Waals surface area contributed by atoms with Crippen LogP contribution in [0.1, 0.15) is 12.7 Å². The summed E-state index contributed by atoms with van der Waals surface area (Å²) in [6, 6.07) is 4.17. The van der Waals surface area contributed by atoms with E-state index in [1.807, 2.05) is 18.2 Å². The second-order valence-electron chi connectivity index (χ2n) is 3.49. The van der Waals surface area contributed by atoms with Crippen LogP contribution in [0.25, 0.3) is 6.08 Å². The first-order chi connectivity index (χ1) is 6.86. The van der Waals surface area contributed by atoms with Crippen molar-refractivity contribution in [3.05, 3.63) is 29.7 Å². The number of hydrogen-bond acceptors (Lipinski definition) is 3. The Labute approximate surface area is 83.7 Å². The first-order valence-electron chi connectivity index (χ1n) is 4.89. The van der Waals surface area contributed by atoms with Gasteiger partial charge in [0.15, 0.2) is 0 Å². The van der Waals surface area contributed by atoms with Gasteiger partial charge in [0, 0.05) is 6.54 Å². The predicted molar refractivity (Wildman–Crippen MR) is 55.0 cm³/mol. The third-order valence-electron chi connectivity index (χ3n) is 2.38. The molecule has 1 unspecified atom stereocenters. The zero-order valence-electron chi connectivity index (χ0n) is 8.32. The first-order valence-corrected chi connectivity index (χ1v) is 4.89. The summed E-state index contributed by atoms with van der Waals surface area (Å²) in [6.07, 6.45) is 3.73.